The molecule has 10 heavy (non-hydrogen) atoms. The molecule has 0 bridgehead atoms. The second-order valence-electron chi connectivity index (χ2n) is 2.80. The van der Waals surface area contributed by atoms with E-state index in [1.165, 1.54) is 12.5 Å². The molecule has 0 atom stereocenters. The Kier molecular flexibility index (Phi) is 4.94. The van der Waals surface area contributed by atoms with E-state index in [1.54, 1.807) is 0 Å². The first-order chi connectivity index (χ1) is 4.62. The van der Waals surface area contributed by atoms with Crippen LogP contribution in [-0.4, -0.2) is 18.1 Å². The van der Waals surface area contributed by atoms with Crippen LogP contribution >= 0.6 is 0 Å². The van der Waals surface area contributed by atoms with Crippen LogP contribution in [0.3, 0.4) is 0 Å². The molecule has 3 heteroatoms. The molecule has 2 radical (unpaired) electrons. The van der Waals surface area contributed by atoms with Gasteiger partial charge in [0.2, 0.25) is 9.76 Å². The molecule has 0 aliphatic heterocycles. The maximum Gasteiger partial charge on any atom is 0.215 e. The van der Waals surface area contributed by atoms with Gasteiger partial charge in [0.25, 0.3) is 0 Å². The van der Waals surface area contributed by atoms with Crippen molar-refractivity contribution < 1.29 is 4.12 Å². The molecule has 0 saturated heterocycles. The molecule has 0 rings (SSSR count). The van der Waals surface area contributed by atoms with Crippen LogP contribution in [0.4, 0.5) is 0 Å². The van der Waals surface area contributed by atoms with Gasteiger partial charge in [0.05, 0.1) is 0 Å². The molecule has 0 unspecified atom stereocenters. The van der Waals surface area contributed by atoms with E-state index in [9.17, 15) is 0 Å². The third-order valence-electron chi connectivity index (χ3n) is 1.18. The Hall–Kier alpha value is 0.134. The summed E-state index contributed by atoms with van der Waals surface area (Å²) in [5.41, 5.74) is 1.98. The summed E-state index contributed by atoms with van der Waals surface area (Å²) in [7, 11) is -0.757. The van der Waals surface area contributed by atoms with Crippen LogP contribution in [0.15, 0.2) is 12.3 Å². The predicted molar refractivity (Wildman–Crippen MR) is 49.6 cm³/mol. The highest BCUT2D eigenvalue weighted by Gasteiger charge is 2.15. The molecule has 0 aromatic heterocycles. The Morgan fingerprint density at radius 1 is 1.60 bits per heavy atom. The molecule has 0 amide bonds. The molecular formula is C7H16OSi2. The molecule has 0 aliphatic carbocycles. The van der Waals surface area contributed by atoms with Gasteiger partial charge in [-0.25, -0.2) is 0 Å². The first-order valence-electron chi connectivity index (χ1n) is 3.67. The van der Waals surface area contributed by atoms with E-state index in [-0.39, 0.29) is 0 Å². The highest BCUT2D eigenvalue weighted by Crippen LogP contribution is 2.04. The van der Waals surface area contributed by atoms with Crippen LogP contribution < -0.4 is 0 Å². The molecular weight excluding hydrogens is 156 g/mol. The summed E-state index contributed by atoms with van der Waals surface area (Å²) in [6.45, 7) is 10.3. The molecule has 0 N–H and O–H groups in total. The zero-order chi connectivity index (χ0) is 8.04. The number of hydrogen-bond donors (Lipinski definition) is 0. The van der Waals surface area contributed by atoms with Crippen molar-refractivity contribution in [2.45, 2.75) is 32.5 Å². The van der Waals surface area contributed by atoms with E-state index < -0.39 is 8.32 Å². The van der Waals surface area contributed by atoms with E-state index in [2.05, 4.69) is 26.6 Å². The zero-order valence-electron chi connectivity index (χ0n) is 7.11. The first kappa shape index (κ1) is 10.1. The van der Waals surface area contributed by atoms with Crippen LogP contribution in [0.2, 0.25) is 19.1 Å². The van der Waals surface area contributed by atoms with Gasteiger partial charge in [-0.2, -0.15) is 0 Å². The highest BCUT2D eigenvalue weighted by molar-refractivity contribution is 6.79. The van der Waals surface area contributed by atoms with Gasteiger partial charge in [0.15, 0.2) is 8.32 Å². The minimum Gasteiger partial charge on any atom is -0.453 e. The summed E-state index contributed by atoms with van der Waals surface area (Å²) >= 11 is 0. The fourth-order valence-corrected chi connectivity index (χ4v) is 2.81. The Balaban J connectivity index is 3.37. The lowest BCUT2D eigenvalue weighted by molar-refractivity contribution is 0.599. The molecule has 1 nitrogen and oxygen atoms in total. The van der Waals surface area contributed by atoms with E-state index in [4.69, 9.17) is 4.12 Å². The highest BCUT2D eigenvalue weighted by atomic mass is 28.4. The van der Waals surface area contributed by atoms with Crippen molar-refractivity contribution in [3.05, 3.63) is 12.3 Å². The SMILES string of the molecule is C=C[Si](C)(C)O[Si]CCC. The lowest BCUT2D eigenvalue weighted by atomic mass is 10.6. The van der Waals surface area contributed by atoms with Gasteiger partial charge in [-0.3, -0.25) is 0 Å². The zero-order valence-corrected chi connectivity index (χ0v) is 9.11. The summed E-state index contributed by atoms with van der Waals surface area (Å²) in [5.74, 6) is 0. The monoisotopic (exact) mass is 172 g/mol. The molecule has 0 saturated carbocycles. The molecule has 0 fully saturated rings. The molecule has 0 heterocycles. The predicted octanol–water partition coefficient (Wildman–Crippen LogP) is 2.38. The van der Waals surface area contributed by atoms with Crippen molar-refractivity contribution in [1.82, 2.24) is 0 Å². The summed E-state index contributed by atoms with van der Waals surface area (Å²) < 4.78 is 5.67. The van der Waals surface area contributed by atoms with Gasteiger partial charge in [-0.15, -0.1) is 6.58 Å². The summed E-state index contributed by atoms with van der Waals surface area (Å²) in [5, 5.41) is 0. The first-order valence-corrected chi connectivity index (χ1v) is 7.77. The third kappa shape index (κ3) is 4.96. The van der Waals surface area contributed by atoms with Crippen LogP contribution in [-0.2, 0) is 4.12 Å². The standard InChI is InChI=1S/C7H16OSi2/c1-5-7-9-8-10(3,4)6-2/h6H,2,5,7H2,1,3-4H3. The second-order valence-corrected chi connectivity index (χ2v) is 8.02. The number of rotatable bonds is 5. The second kappa shape index (κ2) is 4.87. The summed E-state index contributed by atoms with van der Waals surface area (Å²) in [4.78, 5) is 0. The lowest BCUT2D eigenvalue weighted by Crippen LogP contribution is -2.29. The van der Waals surface area contributed by atoms with Crippen LogP contribution in [0, 0.1) is 0 Å². The lowest BCUT2D eigenvalue weighted by Gasteiger charge is -2.17. The van der Waals surface area contributed by atoms with E-state index in [0.29, 0.717) is 9.76 Å². The normalized spacial score (nSPS) is 11.5. The van der Waals surface area contributed by atoms with Gasteiger partial charge in [-0.05, 0) is 19.1 Å². The van der Waals surface area contributed by atoms with E-state index >= 15 is 0 Å². The van der Waals surface area contributed by atoms with Gasteiger partial charge in [0, 0.05) is 0 Å². The summed E-state index contributed by atoms with van der Waals surface area (Å²) in [6.07, 6.45) is 1.22. The van der Waals surface area contributed by atoms with Crippen molar-refractivity contribution in [2.24, 2.45) is 0 Å². The molecule has 0 aliphatic rings. The topological polar surface area (TPSA) is 9.23 Å². The average Bonchev–Trinajstić information content (AvgIpc) is 1.89. The van der Waals surface area contributed by atoms with Gasteiger partial charge in [0.1, 0.15) is 0 Å². The average molecular weight is 172 g/mol. The van der Waals surface area contributed by atoms with Crippen molar-refractivity contribution >= 4 is 18.1 Å². The van der Waals surface area contributed by atoms with Crippen LogP contribution in [0.1, 0.15) is 13.3 Å². The maximum atomic E-state index is 5.67. The molecule has 0 aromatic rings. The molecule has 0 spiro atoms. The van der Waals surface area contributed by atoms with Crippen LogP contribution in [0.5, 0.6) is 0 Å². The minimum atomic E-state index is -1.44. The van der Waals surface area contributed by atoms with E-state index in [0.717, 1.165) is 0 Å². The Morgan fingerprint density at radius 2 is 2.20 bits per heavy atom. The third-order valence-corrected chi connectivity index (χ3v) is 5.55. The van der Waals surface area contributed by atoms with Crippen molar-refractivity contribution in [3.63, 3.8) is 0 Å². The Morgan fingerprint density at radius 3 is 2.60 bits per heavy atom. The smallest absolute Gasteiger partial charge is 0.215 e. The fraction of sp³-hybridized carbons (Fsp3) is 0.714. The van der Waals surface area contributed by atoms with Crippen LogP contribution in [0.25, 0.3) is 0 Å². The summed E-state index contributed by atoms with van der Waals surface area (Å²) in [6, 6.07) is 1.20. The van der Waals surface area contributed by atoms with Crippen molar-refractivity contribution in [2.75, 3.05) is 0 Å². The van der Waals surface area contributed by atoms with Gasteiger partial charge >= 0.3 is 0 Å². The van der Waals surface area contributed by atoms with Gasteiger partial charge < -0.3 is 4.12 Å². The largest absolute Gasteiger partial charge is 0.453 e. The van der Waals surface area contributed by atoms with Gasteiger partial charge in [-0.1, -0.05) is 19.0 Å². The van der Waals surface area contributed by atoms with E-state index in [1.807, 2.05) is 5.70 Å². The Bertz CT molecular complexity index is 102. The number of hydrogen-bond acceptors (Lipinski definition) is 1. The Labute approximate surface area is 67.6 Å². The minimum absolute atomic E-state index is 0.681. The van der Waals surface area contributed by atoms with Crippen molar-refractivity contribution in [1.29, 1.82) is 0 Å². The molecule has 0 aromatic carbocycles. The quantitative estimate of drug-likeness (QED) is 0.457. The van der Waals surface area contributed by atoms with Crippen molar-refractivity contribution in [3.8, 4) is 0 Å². The maximum absolute atomic E-state index is 5.67. The fourth-order valence-electron chi connectivity index (χ4n) is 0.381. The molecule has 58 valence electrons.